The van der Waals surface area contributed by atoms with E-state index in [2.05, 4.69) is 36.8 Å². The van der Waals surface area contributed by atoms with Gasteiger partial charge in [0.25, 0.3) is 0 Å². The van der Waals surface area contributed by atoms with Crippen molar-refractivity contribution in [1.29, 1.82) is 0 Å². The largest absolute Gasteiger partial charge is 0.417 e. The Morgan fingerprint density at radius 2 is 2.11 bits per heavy atom. The lowest BCUT2D eigenvalue weighted by molar-refractivity contribution is 0.555. The van der Waals surface area contributed by atoms with E-state index in [0.717, 1.165) is 18.7 Å². The Bertz CT molecular complexity index is 786. The zero-order valence-electron chi connectivity index (χ0n) is 9.44. The van der Waals surface area contributed by atoms with Gasteiger partial charge in [0.05, 0.1) is 15.3 Å². The number of H-pyrrole nitrogens is 1. The van der Waals surface area contributed by atoms with Crippen LogP contribution in [-0.2, 0) is 0 Å². The minimum atomic E-state index is -0.456. The molecule has 0 amide bonds. The number of fused-ring (bicyclic) bond motifs is 1. The van der Waals surface area contributed by atoms with Crippen LogP contribution in [0, 0.1) is 0 Å². The summed E-state index contributed by atoms with van der Waals surface area (Å²) >= 11 is 8.47. The smallest absolute Gasteiger partial charge is 0.408 e. The molecule has 2 aromatic heterocycles. The molecule has 19 heavy (non-hydrogen) atoms. The van der Waals surface area contributed by atoms with Crippen LogP contribution in [0.3, 0.4) is 0 Å². The molecule has 0 radical (unpaired) electrons. The van der Waals surface area contributed by atoms with Crippen molar-refractivity contribution >= 4 is 54.3 Å². The highest BCUT2D eigenvalue weighted by atomic mass is 79.9. The van der Waals surface area contributed by atoms with Crippen molar-refractivity contribution in [3.05, 3.63) is 53.5 Å². The molecule has 1 atom stereocenters. The van der Waals surface area contributed by atoms with Crippen LogP contribution in [0.1, 0.15) is 16.5 Å². The van der Waals surface area contributed by atoms with Gasteiger partial charge in [-0.05, 0) is 55.6 Å². The van der Waals surface area contributed by atoms with Gasteiger partial charge in [-0.2, -0.15) is 0 Å². The van der Waals surface area contributed by atoms with Crippen molar-refractivity contribution in [3.63, 3.8) is 0 Å². The van der Waals surface area contributed by atoms with Crippen LogP contribution in [0.4, 0.5) is 0 Å². The van der Waals surface area contributed by atoms with Crippen molar-refractivity contribution < 1.29 is 4.42 Å². The number of aromatic amines is 1. The number of oxazole rings is 1. The Hall–Kier alpha value is -0.890. The average Bonchev–Trinajstić information content (AvgIpc) is 2.90. The monoisotopic (exact) mass is 402 g/mol. The fourth-order valence-corrected chi connectivity index (χ4v) is 3.96. The minimum Gasteiger partial charge on any atom is -0.408 e. The fourth-order valence-electron chi connectivity index (χ4n) is 1.84. The molecule has 0 saturated carbocycles. The van der Waals surface area contributed by atoms with Crippen molar-refractivity contribution in [1.82, 2.24) is 4.98 Å². The molecule has 0 fully saturated rings. The Kier molecular flexibility index (Phi) is 3.38. The van der Waals surface area contributed by atoms with E-state index in [-0.39, 0.29) is 6.04 Å². The van der Waals surface area contributed by atoms with E-state index < -0.39 is 5.76 Å². The van der Waals surface area contributed by atoms with Crippen LogP contribution in [-0.4, -0.2) is 4.98 Å². The Balaban J connectivity index is 2.05. The number of hydrogen-bond donors (Lipinski definition) is 2. The van der Waals surface area contributed by atoms with E-state index in [4.69, 9.17) is 10.2 Å². The number of thiophene rings is 1. The molecule has 3 rings (SSSR count). The molecule has 98 valence electrons. The second-order valence-corrected chi connectivity index (χ2v) is 7.27. The van der Waals surface area contributed by atoms with Gasteiger partial charge < -0.3 is 10.2 Å². The number of nitrogens with two attached hydrogens (primary N) is 1. The van der Waals surface area contributed by atoms with Gasteiger partial charge in [-0.25, -0.2) is 4.79 Å². The fraction of sp³-hybridized carbons (Fsp3) is 0.0833. The first-order chi connectivity index (χ1) is 9.04. The highest BCUT2D eigenvalue weighted by molar-refractivity contribution is 9.13. The normalized spacial score (nSPS) is 13.0. The third-order valence-electron chi connectivity index (χ3n) is 2.77. The van der Waals surface area contributed by atoms with Gasteiger partial charge in [0.1, 0.15) is 0 Å². The predicted molar refractivity (Wildman–Crippen MR) is 82.6 cm³/mol. The topological polar surface area (TPSA) is 72.0 Å². The van der Waals surface area contributed by atoms with E-state index in [1.807, 2.05) is 12.1 Å². The standard InChI is InChI=1S/C12H8Br2N2O2S/c13-6-4-9(19-11(6)14)10(15)5-1-2-7-8(3-5)18-12(17)16-7/h1-4,10H,15H2,(H,16,17). The molecule has 3 aromatic rings. The SMILES string of the molecule is NC(c1ccc2[nH]c(=O)oc2c1)c1cc(Br)c(Br)s1. The van der Waals surface area contributed by atoms with Crippen LogP contribution in [0.5, 0.6) is 0 Å². The van der Waals surface area contributed by atoms with Gasteiger partial charge in [-0.3, -0.25) is 4.98 Å². The summed E-state index contributed by atoms with van der Waals surface area (Å²) in [7, 11) is 0. The number of nitrogens with one attached hydrogen (secondary N) is 1. The Morgan fingerprint density at radius 3 is 2.79 bits per heavy atom. The van der Waals surface area contributed by atoms with E-state index in [1.54, 1.807) is 23.5 Å². The van der Waals surface area contributed by atoms with Crippen LogP contribution in [0.25, 0.3) is 11.1 Å². The number of rotatable bonds is 2. The van der Waals surface area contributed by atoms with E-state index in [0.29, 0.717) is 11.1 Å². The highest BCUT2D eigenvalue weighted by Gasteiger charge is 2.15. The van der Waals surface area contributed by atoms with Crippen LogP contribution in [0.15, 0.2) is 41.7 Å². The maximum absolute atomic E-state index is 11.1. The van der Waals surface area contributed by atoms with Gasteiger partial charge in [-0.15, -0.1) is 11.3 Å². The van der Waals surface area contributed by atoms with Crippen molar-refractivity contribution in [2.24, 2.45) is 5.73 Å². The molecule has 0 aliphatic carbocycles. The van der Waals surface area contributed by atoms with Crippen LogP contribution < -0.4 is 11.5 Å². The molecule has 3 N–H and O–H groups in total. The third kappa shape index (κ3) is 2.43. The number of hydrogen-bond acceptors (Lipinski definition) is 4. The summed E-state index contributed by atoms with van der Waals surface area (Å²) in [5.74, 6) is -0.456. The number of benzene rings is 1. The highest BCUT2D eigenvalue weighted by Crippen LogP contribution is 2.37. The molecular formula is C12H8Br2N2O2S. The molecule has 0 spiro atoms. The molecule has 0 bridgehead atoms. The lowest BCUT2D eigenvalue weighted by Crippen LogP contribution is -2.09. The molecule has 4 nitrogen and oxygen atoms in total. The molecule has 0 saturated heterocycles. The lowest BCUT2D eigenvalue weighted by Gasteiger charge is -2.09. The van der Waals surface area contributed by atoms with Gasteiger partial charge in [0, 0.05) is 9.35 Å². The molecule has 2 heterocycles. The minimum absolute atomic E-state index is 0.253. The van der Waals surface area contributed by atoms with Crippen molar-refractivity contribution in [2.75, 3.05) is 0 Å². The summed E-state index contributed by atoms with van der Waals surface area (Å²) in [6.45, 7) is 0. The zero-order valence-corrected chi connectivity index (χ0v) is 13.4. The van der Waals surface area contributed by atoms with Crippen LogP contribution >= 0.6 is 43.2 Å². The predicted octanol–water partition coefficient (Wildman–Crippen LogP) is 3.76. The van der Waals surface area contributed by atoms with Crippen LogP contribution in [0.2, 0.25) is 0 Å². The molecule has 7 heteroatoms. The molecule has 0 aliphatic heterocycles. The summed E-state index contributed by atoms with van der Waals surface area (Å²) in [5.41, 5.74) is 8.33. The van der Waals surface area contributed by atoms with E-state index in [9.17, 15) is 4.79 Å². The quantitative estimate of drug-likeness (QED) is 0.684. The number of halogens is 2. The Morgan fingerprint density at radius 1 is 1.32 bits per heavy atom. The number of aromatic nitrogens is 1. The summed E-state index contributed by atoms with van der Waals surface area (Å²) in [5, 5.41) is 0. The maximum Gasteiger partial charge on any atom is 0.417 e. The lowest BCUT2D eigenvalue weighted by atomic mass is 10.1. The summed E-state index contributed by atoms with van der Waals surface area (Å²) in [6.07, 6.45) is 0. The first-order valence-corrected chi connectivity index (χ1v) is 7.78. The van der Waals surface area contributed by atoms with Gasteiger partial charge in [0.15, 0.2) is 5.58 Å². The van der Waals surface area contributed by atoms with E-state index in [1.165, 1.54) is 0 Å². The zero-order chi connectivity index (χ0) is 13.6. The Labute approximate surface area is 128 Å². The maximum atomic E-state index is 11.1. The second kappa shape index (κ2) is 4.90. The first kappa shape index (κ1) is 13.1. The molecular weight excluding hydrogens is 396 g/mol. The summed E-state index contributed by atoms with van der Waals surface area (Å²) in [4.78, 5) is 14.8. The molecule has 1 aromatic carbocycles. The molecule has 1 unspecified atom stereocenters. The first-order valence-electron chi connectivity index (χ1n) is 5.37. The van der Waals surface area contributed by atoms with Crippen molar-refractivity contribution in [2.45, 2.75) is 6.04 Å². The third-order valence-corrected chi connectivity index (χ3v) is 6.11. The summed E-state index contributed by atoms with van der Waals surface area (Å²) < 4.78 is 7.03. The van der Waals surface area contributed by atoms with E-state index >= 15 is 0 Å². The van der Waals surface area contributed by atoms with Gasteiger partial charge in [0.2, 0.25) is 0 Å². The average molecular weight is 404 g/mol. The van der Waals surface area contributed by atoms with Gasteiger partial charge in [-0.1, -0.05) is 6.07 Å². The summed E-state index contributed by atoms with van der Waals surface area (Å²) in [6, 6.07) is 7.21. The second-order valence-electron chi connectivity index (χ2n) is 4.02. The van der Waals surface area contributed by atoms with Gasteiger partial charge >= 0.3 is 5.76 Å². The molecule has 0 aliphatic rings. The van der Waals surface area contributed by atoms with Crippen molar-refractivity contribution in [3.8, 4) is 0 Å².